The molecule has 0 heterocycles. The second kappa shape index (κ2) is 8.75. The van der Waals surface area contributed by atoms with Gasteiger partial charge in [-0.3, -0.25) is 14.1 Å². The van der Waals surface area contributed by atoms with Gasteiger partial charge in [0.2, 0.25) is 0 Å². The summed E-state index contributed by atoms with van der Waals surface area (Å²) in [5.74, 6) is 0. The lowest BCUT2D eigenvalue weighted by molar-refractivity contribution is 1.11. The Labute approximate surface area is 63.7 Å². The maximum atomic E-state index is 3.63. The van der Waals surface area contributed by atoms with Crippen molar-refractivity contribution in [1.29, 1.82) is 0 Å². The Morgan fingerprint density at radius 2 is 1.36 bits per heavy atom. The summed E-state index contributed by atoms with van der Waals surface area (Å²) in [7, 11) is 0. The first-order chi connectivity index (χ1) is 3.93. The van der Waals surface area contributed by atoms with Crippen molar-refractivity contribution in [3.05, 3.63) is 42.5 Å². The Bertz CT molecular complexity index is 172. The molecular weight excluding hydrogens is 153 g/mol. The van der Waals surface area contributed by atoms with Crippen LogP contribution in [0.5, 0.6) is 0 Å². The Kier molecular flexibility index (Phi) is 13.0. The van der Waals surface area contributed by atoms with Crippen molar-refractivity contribution in [3.63, 3.8) is 0 Å². The fourth-order valence-electron chi connectivity index (χ4n) is 0.589. The van der Waals surface area contributed by atoms with Gasteiger partial charge in [0.1, 0.15) is 0 Å². The van der Waals surface area contributed by atoms with Crippen LogP contribution in [0.2, 0.25) is 0 Å². The highest BCUT2D eigenvalue weighted by Gasteiger charge is 1.75. The van der Waals surface area contributed by atoms with Crippen LogP contribution in [0.4, 0.5) is 14.1 Å². The molecular formula is C8H11F3. The second-order valence-corrected chi connectivity index (χ2v) is 1.61. The Balaban J connectivity index is -0.000000213. The quantitative estimate of drug-likeness (QED) is 0.598. The lowest BCUT2D eigenvalue weighted by atomic mass is 10.2. The van der Waals surface area contributed by atoms with Gasteiger partial charge in [-0.05, 0) is 5.56 Å². The first-order valence-corrected chi connectivity index (χ1v) is 2.61. The lowest BCUT2D eigenvalue weighted by Crippen LogP contribution is -1.63. The summed E-state index contributed by atoms with van der Waals surface area (Å²) in [5.41, 5.74) is 1.17. The third-order valence-corrected chi connectivity index (χ3v) is 1.04. The Morgan fingerprint density at radius 1 is 0.909 bits per heavy atom. The van der Waals surface area contributed by atoms with Crippen molar-refractivity contribution in [3.8, 4) is 0 Å². The van der Waals surface area contributed by atoms with Gasteiger partial charge < -0.3 is 0 Å². The summed E-state index contributed by atoms with van der Waals surface area (Å²) in [6.07, 6.45) is 1.83. The molecule has 0 radical (unpaired) electrons. The highest BCUT2D eigenvalue weighted by molar-refractivity contribution is 5.45. The normalized spacial score (nSPS) is 6.18. The molecule has 1 rings (SSSR count). The zero-order chi connectivity index (χ0) is 5.82. The summed E-state index contributed by atoms with van der Waals surface area (Å²) >= 11 is 0. The molecule has 0 saturated heterocycles. The smallest absolute Gasteiger partial charge is 0.0263 e. The summed E-state index contributed by atoms with van der Waals surface area (Å²) in [5, 5.41) is 0. The molecule has 0 aliphatic carbocycles. The number of halogens is 3. The van der Waals surface area contributed by atoms with E-state index in [2.05, 4.69) is 6.58 Å². The van der Waals surface area contributed by atoms with Gasteiger partial charge in [0.05, 0.1) is 0 Å². The molecule has 3 heteroatoms. The van der Waals surface area contributed by atoms with Crippen molar-refractivity contribution >= 4 is 6.08 Å². The monoisotopic (exact) mass is 164 g/mol. The highest BCUT2D eigenvalue weighted by atomic mass is 19.0. The van der Waals surface area contributed by atoms with E-state index in [1.54, 1.807) is 0 Å². The molecule has 0 saturated carbocycles. The molecule has 11 heavy (non-hydrogen) atoms. The minimum atomic E-state index is 0. The van der Waals surface area contributed by atoms with E-state index >= 15 is 0 Å². The molecule has 0 aliphatic heterocycles. The van der Waals surface area contributed by atoms with Crippen LogP contribution in [-0.4, -0.2) is 0 Å². The summed E-state index contributed by atoms with van der Waals surface area (Å²) < 4.78 is 0. The summed E-state index contributed by atoms with van der Waals surface area (Å²) in [4.78, 5) is 0. The van der Waals surface area contributed by atoms with E-state index in [0.717, 1.165) is 0 Å². The molecule has 1 aromatic rings. The van der Waals surface area contributed by atoms with E-state index in [9.17, 15) is 0 Å². The maximum Gasteiger partial charge on any atom is -0.0263 e. The second-order valence-electron chi connectivity index (χ2n) is 1.61. The topological polar surface area (TPSA) is 0 Å². The van der Waals surface area contributed by atoms with Gasteiger partial charge in [-0.2, -0.15) is 0 Å². The van der Waals surface area contributed by atoms with Gasteiger partial charge in [-0.25, -0.2) is 0 Å². The predicted octanol–water partition coefficient (Wildman–Crippen LogP) is 2.79. The first kappa shape index (κ1) is 16.4. The molecule has 1 aromatic carbocycles. The molecule has 0 N–H and O–H groups in total. The number of benzene rings is 1. The largest absolute Gasteiger partial charge is 0.269 e. The van der Waals surface area contributed by atoms with Crippen LogP contribution in [0.15, 0.2) is 36.9 Å². The zero-order valence-corrected chi connectivity index (χ0v) is 5.90. The van der Waals surface area contributed by atoms with E-state index in [1.807, 2.05) is 36.4 Å². The van der Waals surface area contributed by atoms with Crippen LogP contribution in [0.1, 0.15) is 5.56 Å². The van der Waals surface area contributed by atoms with Crippen LogP contribution in [0.3, 0.4) is 0 Å². The lowest BCUT2D eigenvalue weighted by Gasteiger charge is -1.85. The van der Waals surface area contributed by atoms with E-state index in [4.69, 9.17) is 0 Å². The first-order valence-electron chi connectivity index (χ1n) is 2.61. The Hall–Kier alpha value is -1.25. The molecule has 0 atom stereocenters. The van der Waals surface area contributed by atoms with Crippen molar-refractivity contribution in [1.82, 2.24) is 0 Å². The van der Waals surface area contributed by atoms with Gasteiger partial charge in [0.15, 0.2) is 0 Å². The van der Waals surface area contributed by atoms with Crippen molar-refractivity contribution in [2.45, 2.75) is 0 Å². The molecule has 0 amide bonds. The van der Waals surface area contributed by atoms with E-state index < -0.39 is 0 Å². The minimum absolute atomic E-state index is 0. The fourth-order valence-corrected chi connectivity index (χ4v) is 0.589. The third-order valence-electron chi connectivity index (χ3n) is 1.04. The van der Waals surface area contributed by atoms with Crippen molar-refractivity contribution in [2.24, 2.45) is 0 Å². The summed E-state index contributed by atoms with van der Waals surface area (Å²) in [6.45, 7) is 3.63. The fraction of sp³-hybridized carbons (Fsp3) is 0. The molecule has 0 spiro atoms. The van der Waals surface area contributed by atoms with Crippen molar-refractivity contribution < 1.29 is 14.1 Å². The van der Waals surface area contributed by atoms with Gasteiger partial charge >= 0.3 is 0 Å². The van der Waals surface area contributed by atoms with Crippen molar-refractivity contribution in [2.75, 3.05) is 0 Å². The standard InChI is InChI=1S/C8H8.3FH/c1-2-8-6-4-3-5-7-8;;;/h2-7H,1H2;3*1H. The minimum Gasteiger partial charge on any atom is -0.269 e. The molecule has 0 nitrogen and oxygen atoms in total. The highest BCUT2D eigenvalue weighted by Crippen LogP contribution is 1.97. The van der Waals surface area contributed by atoms with Crippen LogP contribution >= 0.6 is 0 Å². The molecule has 0 bridgehead atoms. The van der Waals surface area contributed by atoms with Crippen LogP contribution in [0.25, 0.3) is 6.08 Å². The number of hydrogen-bond donors (Lipinski definition) is 0. The van der Waals surface area contributed by atoms with E-state index in [-0.39, 0.29) is 14.1 Å². The van der Waals surface area contributed by atoms with Crippen LogP contribution < -0.4 is 0 Å². The maximum absolute atomic E-state index is 3.63. The molecule has 64 valence electrons. The predicted molar refractivity (Wildman–Crippen MR) is 44.0 cm³/mol. The van der Waals surface area contributed by atoms with Gasteiger partial charge in [-0.15, -0.1) is 0 Å². The molecule has 0 unspecified atom stereocenters. The van der Waals surface area contributed by atoms with Crippen LogP contribution in [0, 0.1) is 0 Å². The molecule has 0 aromatic heterocycles. The zero-order valence-electron chi connectivity index (χ0n) is 5.90. The van der Waals surface area contributed by atoms with Gasteiger partial charge in [-0.1, -0.05) is 43.0 Å². The number of rotatable bonds is 1. The third kappa shape index (κ3) is 5.21. The van der Waals surface area contributed by atoms with E-state index in [0.29, 0.717) is 0 Å². The van der Waals surface area contributed by atoms with Crippen LogP contribution in [-0.2, 0) is 0 Å². The SMILES string of the molecule is C=Cc1ccccc1.F.F.F. The number of hydrogen-bond acceptors (Lipinski definition) is 0. The molecule has 0 fully saturated rings. The molecule has 0 aliphatic rings. The van der Waals surface area contributed by atoms with Gasteiger partial charge in [0, 0.05) is 0 Å². The average molecular weight is 164 g/mol. The Morgan fingerprint density at radius 3 is 1.64 bits per heavy atom. The summed E-state index contributed by atoms with van der Waals surface area (Å²) in [6, 6.07) is 10.0. The van der Waals surface area contributed by atoms with E-state index in [1.165, 1.54) is 5.56 Å². The average Bonchev–Trinajstić information content (AvgIpc) is 1.90. The van der Waals surface area contributed by atoms with Gasteiger partial charge in [0.25, 0.3) is 0 Å².